The average molecular weight is 496 g/mol. The number of allylic oxidation sites excluding steroid dienone is 1. The predicted molar refractivity (Wildman–Crippen MR) is 133 cm³/mol. The fourth-order valence-electron chi connectivity index (χ4n) is 4.44. The van der Waals surface area contributed by atoms with Crippen LogP contribution >= 0.6 is 11.6 Å². The zero-order chi connectivity index (χ0) is 25.1. The van der Waals surface area contributed by atoms with Crippen molar-refractivity contribution < 1.29 is 23.1 Å². The Bertz CT molecular complexity index is 1240. The molecular formula is C28H24ClF2NO3. The van der Waals surface area contributed by atoms with E-state index in [1.807, 2.05) is 30.3 Å². The third kappa shape index (κ3) is 4.84. The Balaban J connectivity index is 1.79. The Morgan fingerprint density at radius 3 is 2.29 bits per heavy atom. The molecule has 35 heavy (non-hydrogen) atoms. The number of anilines is 1. The van der Waals surface area contributed by atoms with Crippen molar-refractivity contribution in [3.63, 3.8) is 0 Å². The molecule has 0 aliphatic heterocycles. The summed E-state index contributed by atoms with van der Waals surface area (Å²) < 4.78 is 35.0. The maximum atomic E-state index is 15.2. The summed E-state index contributed by atoms with van der Waals surface area (Å²) in [6.45, 7) is 1.26. The maximum Gasteiger partial charge on any atom is 0.377 e. The molecule has 0 unspecified atom stereocenters. The van der Waals surface area contributed by atoms with Crippen molar-refractivity contribution in [3.8, 4) is 11.1 Å². The molecule has 0 saturated heterocycles. The monoisotopic (exact) mass is 495 g/mol. The number of halogens is 3. The van der Waals surface area contributed by atoms with Crippen LogP contribution in [0.1, 0.15) is 18.9 Å². The summed E-state index contributed by atoms with van der Waals surface area (Å²) in [6, 6.07) is 22.4. The summed E-state index contributed by atoms with van der Waals surface area (Å²) in [5.41, 5.74) is 0.913. The topological polar surface area (TPSA) is 55.4 Å². The maximum absolute atomic E-state index is 15.2. The molecule has 1 aliphatic rings. The molecule has 0 fully saturated rings. The van der Waals surface area contributed by atoms with Crippen LogP contribution in [-0.2, 0) is 19.7 Å². The van der Waals surface area contributed by atoms with Crippen molar-refractivity contribution in [1.29, 1.82) is 0 Å². The first-order valence-electron chi connectivity index (χ1n) is 11.2. The van der Waals surface area contributed by atoms with Crippen molar-refractivity contribution >= 4 is 29.0 Å². The number of benzene rings is 3. The SMILES string of the molecule is CCOC(=O)C(F)(F)C[C@]1(c2ccc(-c3ccccc3)cc2)C(=O)C=C[C@H]1Nc1ccccc1Cl. The lowest BCUT2D eigenvalue weighted by Crippen LogP contribution is -2.51. The molecule has 2 atom stereocenters. The first-order chi connectivity index (χ1) is 16.8. The molecule has 3 aromatic rings. The first-order valence-corrected chi connectivity index (χ1v) is 11.6. The highest BCUT2D eigenvalue weighted by atomic mass is 35.5. The van der Waals surface area contributed by atoms with Gasteiger partial charge in [0.25, 0.3) is 0 Å². The van der Waals surface area contributed by atoms with Crippen LogP contribution in [-0.4, -0.2) is 30.3 Å². The Labute approximate surface area is 207 Å². The minimum absolute atomic E-state index is 0.194. The Kier molecular flexibility index (Phi) is 7.03. The summed E-state index contributed by atoms with van der Waals surface area (Å²) in [4.78, 5) is 25.5. The van der Waals surface area contributed by atoms with E-state index in [0.29, 0.717) is 16.3 Å². The fraction of sp³-hybridized carbons (Fsp3) is 0.214. The largest absolute Gasteiger partial charge is 0.462 e. The quantitative estimate of drug-likeness (QED) is 0.365. The molecule has 0 aromatic heterocycles. The van der Waals surface area contributed by atoms with Gasteiger partial charge in [-0.3, -0.25) is 4.79 Å². The molecule has 0 heterocycles. The van der Waals surface area contributed by atoms with Crippen molar-refractivity contribution in [2.75, 3.05) is 11.9 Å². The van der Waals surface area contributed by atoms with Gasteiger partial charge in [-0.25, -0.2) is 4.79 Å². The van der Waals surface area contributed by atoms with Crippen LogP contribution in [0.5, 0.6) is 0 Å². The van der Waals surface area contributed by atoms with Gasteiger partial charge in [0.05, 0.1) is 28.8 Å². The molecule has 0 saturated carbocycles. The number of ketones is 1. The summed E-state index contributed by atoms with van der Waals surface area (Å²) in [7, 11) is 0. The minimum Gasteiger partial charge on any atom is -0.462 e. The Hall–Kier alpha value is -3.51. The third-order valence-electron chi connectivity index (χ3n) is 6.18. The van der Waals surface area contributed by atoms with Crippen LogP contribution in [0.2, 0.25) is 5.02 Å². The summed E-state index contributed by atoms with van der Waals surface area (Å²) in [6.07, 6.45) is 1.76. The number of ether oxygens (including phenoxy) is 1. The second kappa shape index (κ2) is 10.0. The van der Waals surface area contributed by atoms with Crippen LogP contribution in [0.15, 0.2) is 91.0 Å². The van der Waals surface area contributed by atoms with Crippen molar-refractivity contribution in [1.82, 2.24) is 0 Å². The van der Waals surface area contributed by atoms with Gasteiger partial charge in [0, 0.05) is 6.42 Å². The highest BCUT2D eigenvalue weighted by molar-refractivity contribution is 6.33. The predicted octanol–water partition coefficient (Wildman–Crippen LogP) is 6.45. The molecule has 3 aromatic carbocycles. The molecule has 4 nitrogen and oxygen atoms in total. The van der Waals surface area contributed by atoms with Crippen molar-refractivity contribution in [2.45, 2.75) is 30.7 Å². The van der Waals surface area contributed by atoms with Crippen LogP contribution in [0.4, 0.5) is 14.5 Å². The second-order valence-corrected chi connectivity index (χ2v) is 8.75. The van der Waals surface area contributed by atoms with E-state index >= 15 is 8.78 Å². The number of carbonyl (C=O) groups excluding carboxylic acids is 2. The summed E-state index contributed by atoms with van der Waals surface area (Å²) in [5, 5.41) is 3.52. The molecule has 180 valence electrons. The van der Waals surface area contributed by atoms with Gasteiger partial charge in [0.15, 0.2) is 5.78 Å². The van der Waals surface area contributed by atoms with Gasteiger partial charge < -0.3 is 10.1 Å². The minimum atomic E-state index is -3.89. The number of para-hydroxylation sites is 1. The van der Waals surface area contributed by atoms with Crippen molar-refractivity contribution in [2.24, 2.45) is 0 Å². The van der Waals surface area contributed by atoms with Gasteiger partial charge in [-0.1, -0.05) is 84.4 Å². The van der Waals surface area contributed by atoms with Crippen LogP contribution in [0, 0.1) is 0 Å². The standard InChI is InChI=1S/C28H24ClF2NO3/c1-2-35-26(34)28(30,31)18-27(21-14-12-20(13-15-21)19-8-4-3-5-9-19)24(16-17-25(27)33)32-23-11-7-6-10-22(23)29/h3-17,24,32H,2,18H2,1H3/t24-,27-/m1/s1. The molecule has 7 heteroatoms. The van der Waals surface area contributed by atoms with E-state index in [4.69, 9.17) is 11.6 Å². The first kappa shape index (κ1) is 24.6. The zero-order valence-corrected chi connectivity index (χ0v) is 19.8. The molecule has 4 rings (SSSR count). The number of esters is 1. The van der Waals surface area contributed by atoms with E-state index < -0.39 is 35.6 Å². The summed E-state index contributed by atoms with van der Waals surface area (Å²) in [5.74, 6) is -6.08. The van der Waals surface area contributed by atoms with Crippen LogP contribution in [0.3, 0.4) is 0 Å². The van der Waals surface area contributed by atoms with Crippen molar-refractivity contribution in [3.05, 3.63) is 102 Å². The van der Waals surface area contributed by atoms with Gasteiger partial charge in [0.1, 0.15) is 0 Å². The molecule has 1 aliphatic carbocycles. The lowest BCUT2D eigenvalue weighted by molar-refractivity contribution is -0.174. The highest BCUT2D eigenvalue weighted by Gasteiger charge is 2.57. The lowest BCUT2D eigenvalue weighted by atomic mass is 9.70. The summed E-state index contributed by atoms with van der Waals surface area (Å²) >= 11 is 6.30. The van der Waals surface area contributed by atoms with E-state index in [1.165, 1.54) is 19.1 Å². The lowest BCUT2D eigenvalue weighted by Gasteiger charge is -2.37. The molecule has 1 N–H and O–H groups in total. The van der Waals surface area contributed by atoms with Gasteiger partial charge in [-0.15, -0.1) is 0 Å². The number of nitrogens with one attached hydrogen (secondary N) is 1. The fourth-order valence-corrected chi connectivity index (χ4v) is 4.63. The Morgan fingerprint density at radius 1 is 1.00 bits per heavy atom. The number of carbonyl (C=O) groups is 2. The van der Waals surface area contributed by atoms with Crippen LogP contribution < -0.4 is 5.32 Å². The Morgan fingerprint density at radius 2 is 1.63 bits per heavy atom. The molecule has 0 radical (unpaired) electrons. The highest BCUT2D eigenvalue weighted by Crippen LogP contribution is 2.45. The van der Waals surface area contributed by atoms with E-state index in [-0.39, 0.29) is 6.61 Å². The van der Waals surface area contributed by atoms with E-state index in [1.54, 1.807) is 48.5 Å². The average Bonchev–Trinajstić information content (AvgIpc) is 3.16. The van der Waals surface area contributed by atoms with E-state index in [9.17, 15) is 9.59 Å². The zero-order valence-electron chi connectivity index (χ0n) is 19.0. The molecule has 0 bridgehead atoms. The normalized spacial score (nSPS) is 19.5. The second-order valence-electron chi connectivity index (χ2n) is 8.34. The number of alkyl halides is 2. The van der Waals surface area contributed by atoms with E-state index in [2.05, 4.69) is 10.1 Å². The number of hydrogen-bond acceptors (Lipinski definition) is 4. The van der Waals surface area contributed by atoms with Gasteiger partial charge in [-0.05, 0) is 41.8 Å². The molecule has 0 amide bonds. The number of hydrogen-bond donors (Lipinski definition) is 1. The number of rotatable bonds is 8. The smallest absolute Gasteiger partial charge is 0.377 e. The molecule has 0 spiro atoms. The molecular weight excluding hydrogens is 472 g/mol. The van der Waals surface area contributed by atoms with Crippen LogP contribution in [0.25, 0.3) is 11.1 Å². The van der Waals surface area contributed by atoms with E-state index in [0.717, 1.165) is 11.1 Å². The van der Waals surface area contributed by atoms with Gasteiger partial charge >= 0.3 is 11.9 Å². The third-order valence-corrected chi connectivity index (χ3v) is 6.51. The van der Waals surface area contributed by atoms with Gasteiger partial charge in [0.2, 0.25) is 0 Å². The van der Waals surface area contributed by atoms with Gasteiger partial charge in [-0.2, -0.15) is 8.78 Å².